The molecule has 0 spiro atoms. The van der Waals surface area contributed by atoms with Crippen LogP contribution in [0.15, 0.2) is 29.3 Å². The van der Waals surface area contributed by atoms with E-state index in [9.17, 15) is 4.79 Å². The summed E-state index contributed by atoms with van der Waals surface area (Å²) in [6.07, 6.45) is 5.45. The summed E-state index contributed by atoms with van der Waals surface area (Å²) in [6.45, 7) is 6.81. The molecule has 1 atom stereocenters. The zero-order valence-corrected chi connectivity index (χ0v) is 17.6. The normalized spacial score (nSPS) is 12.6. The molecule has 1 unspecified atom stereocenters. The molecule has 144 valence electrons. The first-order valence-electron chi connectivity index (χ1n) is 8.33. The van der Waals surface area contributed by atoms with Gasteiger partial charge in [0.2, 0.25) is 0 Å². The first-order chi connectivity index (χ1) is 11.5. The van der Waals surface area contributed by atoms with Gasteiger partial charge in [-0.2, -0.15) is 6.20 Å². The molecule has 0 radical (unpaired) electrons. The number of hydrogen-bond acceptors (Lipinski definition) is 4. The van der Waals surface area contributed by atoms with Crippen molar-refractivity contribution in [2.45, 2.75) is 40.0 Å². The van der Waals surface area contributed by atoms with E-state index < -0.39 is 0 Å². The Kier molecular flexibility index (Phi) is 10.3. The SMILES string of the molecule is CCC(C)CCOC(=O)Cc1ccccc1N=c1sc(C)[c-]n1C.[Yb]. The molecule has 1 aromatic heterocycles. The van der Waals surface area contributed by atoms with Gasteiger partial charge in [0.25, 0.3) is 0 Å². The Balaban J connectivity index is 0.00000312. The second-order valence-corrected chi connectivity index (χ2v) is 7.23. The monoisotopic (exact) mass is 519 g/mol. The van der Waals surface area contributed by atoms with Crippen LogP contribution < -0.4 is 4.80 Å². The van der Waals surface area contributed by atoms with Crippen LogP contribution in [-0.4, -0.2) is 17.1 Å². The van der Waals surface area contributed by atoms with Gasteiger partial charge in [-0.25, -0.2) is 11.3 Å². The van der Waals surface area contributed by atoms with Gasteiger partial charge in [0, 0.05) is 57.4 Å². The van der Waals surface area contributed by atoms with Crippen molar-refractivity contribution in [3.63, 3.8) is 0 Å². The zero-order valence-electron chi connectivity index (χ0n) is 15.1. The Morgan fingerprint density at radius 3 is 2.76 bits per heavy atom. The maximum atomic E-state index is 12.1. The van der Waals surface area contributed by atoms with Gasteiger partial charge in [-0.1, -0.05) is 43.3 Å². The molecule has 6 heteroatoms. The van der Waals surface area contributed by atoms with Crippen molar-refractivity contribution in [2.75, 3.05) is 6.61 Å². The number of benzene rings is 1. The number of esters is 1. The fourth-order valence-electron chi connectivity index (χ4n) is 2.27. The summed E-state index contributed by atoms with van der Waals surface area (Å²) < 4.78 is 7.24. The number of carbonyl (C=O) groups excluding carboxylic acids is 1. The summed E-state index contributed by atoms with van der Waals surface area (Å²) in [6, 6.07) is 7.71. The molecule has 1 heterocycles. The summed E-state index contributed by atoms with van der Waals surface area (Å²) in [4.78, 5) is 18.7. The van der Waals surface area contributed by atoms with E-state index in [0.29, 0.717) is 12.5 Å². The van der Waals surface area contributed by atoms with Crippen molar-refractivity contribution in [1.29, 1.82) is 0 Å². The van der Waals surface area contributed by atoms with Crippen LogP contribution in [0, 0.1) is 66.0 Å². The first kappa shape index (κ1) is 22.7. The fraction of sp³-hybridized carbons (Fsp3) is 0.474. The van der Waals surface area contributed by atoms with Crippen molar-refractivity contribution in [1.82, 2.24) is 4.57 Å². The maximum absolute atomic E-state index is 12.1. The van der Waals surface area contributed by atoms with Crippen LogP contribution in [0.25, 0.3) is 0 Å². The van der Waals surface area contributed by atoms with Crippen LogP contribution >= 0.6 is 11.3 Å². The smallest absolute Gasteiger partial charge is 0.310 e. The maximum Gasteiger partial charge on any atom is 0.310 e. The predicted molar refractivity (Wildman–Crippen MR) is 97.3 cm³/mol. The molecule has 0 aliphatic heterocycles. The molecule has 25 heavy (non-hydrogen) atoms. The number of rotatable bonds is 7. The second kappa shape index (κ2) is 11.4. The third-order valence-corrected chi connectivity index (χ3v) is 4.91. The summed E-state index contributed by atoms with van der Waals surface area (Å²) in [5.41, 5.74) is 1.69. The standard InChI is InChI=1S/C19H25N2O2S.Yb/c1-5-14(2)10-11-23-18(22)12-16-8-6-7-9-17(16)20-19-21(4)13-15(3)24-19;/h6-9,14H,5,10-12H2,1-4H3;/q-1;. The molecule has 0 saturated carbocycles. The van der Waals surface area contributed by atoms with Crippen molar-refractivity contribution in [3.05, 3.63) is 45.7 Å². The van der Waals surface area contributed by atoms with Crippen LogP contribution in [0.4, 0.5) is 5.69 Å². The van der Waals surface area contributed by atoms with Crippen LogP contribution in [0.3, 0.4) is 0 Å². The van der Waals surface area contributed by atoms with Gasteiger partial charge in [0.05, 0.1) is 13.0 Å². The Bertz CT molecular complexity index is 752. The molecule has 4 nitrogen and oxygen atoms in total. The molecule has 0 aliphatic rings. The molecular formula is C19H25N2O2SYb-. The molecule has 1 aromatic carbocycles. The molecule has 0 N–H and O–H groups in total. The number of aromatic nitrogens is 1. The predicted octanol–water partition coefficient (Wildman–Crippen LogP) is 3.95. The Morgan fingerprint density at radius 1 is 1.40 bits per heavy atom. The van der Waals surface area contributed by atoms with Gasteiger partial charge in [-0.3, -0.25) is 4.79 Å². The average Bonchev–Trinajstić information content (AvgIpc) is 2.86. The Hall–Kier alpha value is -0.361. The molecule has 0 fully saturated rings. The Morgan fingerprint density at radius 2 is 2.12 bits per heavy atom. The molecule has 0 aliphatic carbocycles. The minimum Gasteiger partial charge on any atom is -0.490 e. The van der Waals surface area contributed by atoms with E-state index in [1.807, 2.05) is 42.8 Å². The number of nitrogens with zero attached hydrogens (tertiary/aromatic N) is 2. The molecule has 0 amide bonds. The van der Waals surface area contributed by atoms with E-state index in [4.69, 9.17) is 4.74 Å². The molecule has 2 rings (SSSR count). The van der Waals surface area contributed by atoms with Crippen molar-refractivity contribution >= 4 is 23.0 Å². The molecule has 0 saturated heterocycles. The minimum absolute atomic E-state index is 0. The number of carbonyl (C=O) groups is 1. The van der Waals surface area contributed by atoms with Crippen molar-refractivity contribution in [2.24, 2.45) is 18.0 Å². The van der Waals surface area contributed by atoms with E-state index in [2.05, 4.69) is 25.0 Å². The van der Waals surface area contributed by atoms with Gasteiger partial charge in [0.1, 0.15) is 0 Å². The quantitative estimate of drug-likeness (QED) is 0.412. The zero-order chi connectivity index (χ0) is 17.5. The van der Waals surface area contributed by atoms with Gasteiger partial charge in [0.15, 0.2) is 0 Å². The van der Waals surface area contributed by atoms with E-state index in [1.165, 1.54) is 0 Å². The Labute approximate surface area is 192 Å². The van der Waals surface area contributed by atoms with Crippen LogP contribution in [-0.2, 0) is 23.0 Å². The summed E-state index contributed by atoms with van der Waals surface area (Å²) in [5.74, 6) is 0.387. The minimum atomic E-state index is -0.195. The van der Waals surface area contributed by atoms with Gasteiger partial charge < -0.3 is 14.3 Å². The molecular weight excluding hydrogens is 493 g/mol. The van der Waals surface area contributed by atoms with Crippen molar-refractivity contribution < 1.29 is 56.5 Å². The van der Waals surface area contributed by atoms with E-state index in [-0.39, 0.29) is 59.3 Å². The number of thiazole rings is 1. The molecule has 0 bridgehead atoms. The van der Waals surface area contributed by atoms with E-state index in [1.54, 1.807) is 11.3 Å². The van der Waals surface area contributed by atoms with E-state index in [0.717, 1.165) is 33.8 Å². The fourth-order valence-corrected chi connectivity index (χ4v) is 3.05. The summed E-state index contributed by atoms with van der Waals surface area (Å²) >= 11 is 1.58. The van der Waals surface area contributed by atoms with E-state index >= 15 is 0 Å². The van der Waals surface area contributed by atoms with Crippen molar-refractivity contribution in [3.8, 4) is 0 Å². The number of aryl methyl sites for hydroxylation is 2. The topological polar surface area (TPSA) is 43.6 Å². The summed E-state index contributed by atoms with van der Waals surface area (Å²) in [5, 5.41) is 0. The van der Waals surface area contributed by atoms with Crippen LogP contribution in [0.5, 0.6) is 0 Å². The second-order valence-electron chi connectivity index (χ2n) is 6.05. The van der Waals surface area contributed by atoms with Gasteiger partial charge in [-0.15, -0.1) is 0 Å². The number of ether oxygens (including phenoxy) is 1. The number of hydrogen-bond donors (Lipinski definition) is 0. The summed E-state index contributed by atoms with van der Waals surface area (Å²) in [7, 11) is 1.92. The van der Waals surface area contributed by atoms with Gasteiger partial charge >= 0.3 is 5.97 Å². The van der Waals surface area contributed by atoms with Gasteiger partial charge in [-0.05, 0) is 37.9 Å². The third kappa shape index (κ3) is 7.41. The number of para-hydroxylation sites is 1. The largest absolute Gasteiger partial charge is 0.490 e. The average molecular weight is 519 g/mol. The molecule has 2 aromatic rings. The third-order valence-electron chi connectivity index (χ3n) is 3.97. The first-order valence-corrected chi connectivity index (χ1v) is 9.15. The van der Waals surface area contributed by atoms with Crippen LogP contribution in [0.1, 0.15) is 37.1 Å². The van der Waals surface area contributed by atoms with Crippen LogP contribution in [0.2, 0.25) is 0 Å².